The zero-order valence-electron chi connectivity index (χ0n) is 11.3. The van der Waals surface area contributed by atoms with E-state index >= 15 is 0 Å². The fourth-order valence-corrected chi connectivity index (χ4v) is 1.93. The smallest absolute Gasteiger partial charge is 0.303 e. The van der Waals surface area contributed by atoms with Gasteiger partial charge in [-0.05, 0) is 18.9 Å². The van der Waals surface area contributed by atoms with Gasteiger partial charge in [-0.2, -0.15) is 0 Å². The van der Waals surface area contributed by atoms with Gasteiger partial charge < -0.3 is 9.52 Å². The SMILES string of the molecule is Cc1cccc([N+](=O)[O-])c1-c1nnc(CCCC(=O)O)o1. The lowest BCUT2D eigenvalue weighted by Crippen LogP contribution is -1.95. The van der Waals surface area contributed by atoms with Crippen molar-refractivity contribution >= 4 is 11.7 Å². The first-order chi connectivity index (χ1) is 9.99. The summed E-state index contributed by atoms with van der Waals surface area (Å²) in [6, 6.07) is 4.67. The first-order valence-electron chi connectivity index (χ1n) is 6.27. The quantitative estimate of drug-likeness (QED) is 0.640. The van der Waals surface area contributed by atoms with Crippen LogP contribution < -0.4 is 0 Å². The van der Waals surface area contributed by atoms with Gasteiger partial charge in [-0.3, -0.25) is 14.9 Å². The Hall–Kier alpha value is -2.77. The molecule has 0 radical (unpaired) electrons. The maximum Gasteiger partial charge on any atom is 0.303 e. The Bertz CT molecular complexity index is 680. The lowest BCUT2D eigenvalue weighted by atomic mass is 10.1. The molecule has 0 bridgehead atoms. The molecule has 0 fully saturated rings. The van der Waals surface area contributed by atoms with Gasteiger partial charge in [0.1, 0.15) is 5.56 Å². The fraction of sp³-hybridized carbons (Fsp3) is 0.308. The van der Waals surface area contributed by atoms with Crippen molar-refractivity contribution in [1.29, 1.82) is 0 Å². The van der Waals surface area contributed by atoms with Crippen LogP contribution in [0.4, 0.5) is 5.69 Å². The number of hydrogen-bond donors (Lipinski definition) is 1. The molecule has 0 saturated heterocycles. The van der Waals surface area contributed by atoms with Crippen LogP contribution in [0.15, 0.2) is 22.6 Å². The van der Waals surface area contributed by atoms with Gasteiger partial charge in [-0.25, -0.2) is 0 Å². The molecule has 8 heteroatoms. The zero-order chi connectivity index (χ0) is 15.4. The van der Waals surface area contributed by atoms with Crippen molar-refractivity contribution in [3.05, 3.63) is 39.8 Å². The van der Waals surface area contributed by atoms with Crippen molar-refractivity contribution in [3.63, 3.8) is 0 Å². The van der Waals surface area contributed by atoms with E-state index in [1.54, 1.807) is 19.1 Å². The van der Waals surface area contributed by atoms with Gasteiger partial charge in [0, 0.05) is 18.9 Å². The molecule has 2 rings (SSSR count). The van der Waals surface area contributed by atoms with E-state index in [2.05, 4.69) is 10.2 Å². The van der Waals surface area contributed by atoms with Crippen molar-refractivity contribution < 1.29 is 19.2 Å². The van der Waals surface area contributed by atoms with Crippen LogP contribution in [0.25, 0.3) is 11.5 Å². The van der Waals surface area contributed by atoms with E-state index in [-0.39, 0.29) is 23.9 Å². The van der Waals surface area contributed by atoms with E-state index in [0.29, 0.717) is 24.0 Å². The van der Waals surface area contributed by atoms with E-state index < -0.39 is 10.9 Å². The molecule has 0 unspecified atom stereocenters. The molecule has 0 aliphatic heterocycles. The van der Waals surface area contributed by atoms with Gasteiger partial charge in [0.25, 0.3) is 11.6 Å². The zero-order valence-corrected chi connectivity index (χ0v) is 11.3. The van der Waals surface area contributed by atoms with Crippen molar-refractivity contribution in [2.75, 3.05) is 0 Å². The Labute approximate surface area is 119 Å². The molecule has 0 aliphatic carbocycles. The van der Waals surface area contributed by atoms with Crippen molar-refractivity contribution in [3.8, 4) is 11.5 Å². The molecule has 1 aromatic heterocycles. The first kappa shape index (κ1) is 14.6. The number of nitro benzene ring substituents is 1. The van der Waals surface area contributed by atoms with Gasteiger partial charge in [0.05, 0.1) is 4.92 Å². The summed E-state index contributed by atoms with van der Waals surface area (Å²) in [7, 11) is 0. The van der Waals surface area contributed by atoms with E-state index in [0.717, 1.165) is 0 Å². The summed E-state index contributed by atoms with van der Waals surface area (Å²) >= 11 is 0. The third-order valence-electron chi connectivity index (χ3n) is 2.91. The lowest BCUT2D eigenvalue weighted by Gasteiger charge is -2.01. The predicted molar refractivity (Wildman–Crippen MR) is 71.7 cm³/mol. The van der Waals surface area contributed by atoms with Crippen molar-refractivity contribution in [1.82, 2.24) is 10.2 Å². The van der Waals surface area contributed by atoms with Crippen LogP contribution >= 0.6 is 0 Å². The van der Waals surface area contributed by atoms with Crippen LogP contribution in [0.2, 0.25) is 0 Å². The molecule has 0 atom stereocenters. The predicted octanol–water partition coefficient (Wildman–Crippen LogP) is 2.36. The van der Waals surface area contributed by atoms with Gasteiger partial charge >= 0.3 is 5.97 Å². The molecule has 2 aromatic rings. The maximum absolute atomic E-state index is 11.1. The molecule has 110 valence electrons. The highest BCUT2D eigenvalue weighted by atomic mass is 16.6. The van der Waals surface area contributed by atoms with Gasteiger partial charge in [0.2, 0.25) is 5.89 Å². The average Bonchev–Trinajstić information content (AvgIpc) is 2.86. The third-order valence-corrected chi connectivity index (χ3v) is 2.91. The number of rotatable bonds is 6. The van der Waals surface area contributed by atoms with E-state index in [1.807, 2.05) is 0 Å². The number of carboxylic acid groups (broad SMARTS) is 1. The third kappa shape index (κ3) is 3.41. The summed E-state index contributed by atoms with van der Waals surface area (Å²) in [6.45, 7) is 1.72. The first-order valence-corrected chi connectivity index (χ1v) is 6.27. The summed E-state index contributed by atoms with van der Waals surface area (Å²) in [4.78, 5) is 21.0. The average molecular weight is 291 g/mol. The van der Waals surface area contributed by atoms with E-state index in [9.17, 15) is 14.9 Å². The second-order valence-electron chi connectivity index (χ2n) is 4.47. The number of carboxylic acids is 1. The Morgan fingerprint density at radius 3 is 2.86 bits per heavy atom. The number of aromatic nitrogens is 2. The summed E-state index contributed by atoms with van der Waals surface area (Å²) in [5, 5.41) is 27.2. The molecule has 8 nitrogen and oxygen atoms in total. The molecule has 1 N–H and O–H groups in total. The molecular weight excluding hydrogens is 278 g/mol. The molecule has 0 saturated carbocycles. The van der Waals surface area contributed by atoms with Crippen LogP contribution in [-0.2, 0) is 11.2 Å². The molecule has 0 amide bonds. The Morgan fingerprint density at radius 1 is 1.43 bits per heavy atom. The molecule has 1 heterocycles. The van der Waals surface area contributed by atoms with Crippen LogP contribution in [-0.4, -0.2) is 26.2 Å². The standard InChI is InChI=1S/C13H13N3O5/c1-8-4-2-5-9(16(19)20)12(8)13-15-14-10(21-13)6-3-7-11(17)18/h2,4-5H,3,6-7H2,1H3,(H,17,18). The number of aliphatic carboxylic acids is 1. The van der Waals surface area contributed by atoms with E-state index in [4.69, 9.17) is 9.52 Å². The van der Waals surface area contributed by atoms with Crippen LogP contribution in [0.1, 0.15) is 24.3 Å². The highest BCUT2D eigenvalue weighted by Gasteiger charge is 2.22. The number of nitro groups is 1. The maximum atomic E-state index is 11.1. The molecule has 0 aliphatic rings. The number of aryl methyl sites for hydroxylation is 2. The second-order valence-corrected chi connectivity index (χ2v) is 4.47. The molecular formula is C13H13N3O5. The highest BCUT2D eigenvalue weighted by molar-refractivity contribution is 5.70. The lowest BCUT2D eigenvalue weighted by molar-refractivity contribution is -0.384. The van der Waals surface area contributed by atoms with Crippen LogP contribution in [0.5, 0.6) is 0 Å². The normalized spacial score (nSPS) is 10.5. The molecule has 21 heavy (non-hydrogen) atoms. The monoisotopic (exact) mass is 291 g/mol. The summed E-state index contributed by atoms with van der Waals surface area (Å²) in [5.41, 5.74) is 0.847. The van der Waals surface area contributed by atoms with E-state index in [1.165, 1.54) is 6.07 Å². The molecule has 1 aromatic carbocycles. The number of nitrogens with zero attached hydrogens (tertiary/aromatic N) is 3. The fourth-order valence-electron chi connectivity index (χ4n) is 1.93. The second kappa shape index (κ2) is 6.12. The summed E-state index contributed by atoms with van der Waals surface area (Å²) in [5.74, 6) is -0.557. The number of carbonyl (C=O) groups is 1. The minimum absolute atomic E-state index is 0.00221. The molecule has 0 spiro atoms. The van der Waals surface area contributed by atoms with Crippen LogP contribution in [0.3, 0.4) is 0 Å². The Kier molecular flexibility index (Phi) is 4.27. The topological polar surface area (TPSA) is 119 Å². The number of hydrogen-bond acceptors (Lipinski definition) is 6. The van der Waals surface area contributed by atoms with Crippen molar-refractivity contribution in [2.24, 2.45) is 0 Å². The van der Waals surface area contributed by atoms with Gasteiger partial charge in [0.15, 0.2) is 0 Å². The number of benzene rings is 1. The Morgan fingerprint density at radius 2 is 2.19 bits per heavy atom. The van der Waals surface area contributed by atoms with Crippen LogP contribution in [0, 0.1) is 17.0 Å². The minimum atomic E-state index is -0.899. The largest absolute Gasteiger partial charge is 0.481 e. The van der Waals surface area contributed by atoms with Gasteiger partial charge in [-0.15, -0.1) is 10.2 Å². The summed E-state index contributed by atoms with van der Waals surface area (Å²) < 4.78 is 5.40. The van der Waals surface area contributed by atoms with Crippen molar-refractivity contribution in [2.45, 2.75) is 26.2 Å². The summed E-state index contributed by atoms with van der Waals surface area (Å²) in [6.07, 6.45) is 0.689. The Balaban J connectivity index is 2.25. The van der Waals surface area contributed by atoms with Gasteiger partial charge in [-0.1, -0.05) is 12.1 Å². The minimum Gasteiger partial charge on any atom is -0.481 e. The highest BCUT2D eigenvalue weighted by Crippen LogP contribution is 2.31.